The first-order chi connectivity index (χ1) is 9.97. The van der Waals surface area contributed by atoms with Crippen LogP contribution in [0, 0.1) is 0 Å². The van der Waals surface area contributed by atoms with Crippen LogP contribution in [0.4, 0.5) is 0 Å². The van der Waals surface area contributed by atoms with Crippen molar-refractivity contribution in [2.75, 3.05) is 0 Å². The number of fused-ring (bicyclic) bond motifs is 1. The first-order valence-electron chi connectivity index (χ1n) is 6.88. The van der Waals surface area contributed by atoms with E-state index in [1.807, 2.05) is 0 Å². The zero-order valence-corrected chi connectivity index (χ0v) is 12.9. The molecule has 8 heteroatoms. The molecule has 0 saturated heterocycles. The van der Waals surface area contributed by atoms with Gasteiger partial charge in [-0.05, 0) is 37.8 Å². The van der Waals surface area contributed by atoms with E-state index >= 15 is 0 Å². The van der Waals surface area contributed by atoms with E-state index in [-0.39, 0.29) is 22.3 Å². The highest BCUT2D eigenvalue weighted by Crippen LogP contribution is 2.24. The molecule has 0 unspecified atom stereocenters. The van der Waals surface area contributed by atoms with Crippen LogP contribution in [-0.4, -0.2) is 29.9 Å². The Morgan fingerprint density at radius 2 is 2.00 bits per heavy atom. The minimum atomic E-state index is -3.71. The van der Waals surface area contributed by atoms with Gasteiger partial charge in [0.1, 0.15) is 5.65 Å². The van der Waals surface area contributed by atoms with Crippen LogP contribution in [0.5, 0.6) is 0 Å². The van der Waals surface area contributed by atoms with Crippen molar-refractivity contribution in [3.8, 4) is 0 Å². The number of sulfonamides is 1. The van der Waals surface area contributed by atoms with Crippen LogP contribution in [0.1, 0.15) is 25.7 Å². The summed E-state index contributed by atoms with van der Waals surface area (Å²) in [5.74, 6) is 0. The molecule has 21 heavy (non-hydrogen) atoms. The summed E-state index contributed by atoms with van der Waals surface area (Å²) in [7, 11) is -3.71. The summed E-state index contributed by atoms with van der Waals surface area (Å²) < 4.78 is 29.4. The minimum Gasteiger partial charge on any atom is -0.328 e. The van der Waals surface area contributed by atoms with E-state index < -0.39 is 10.0 Å². The third kappa shape index (κ3) is 2.91. The number of nitrogens with one attached hydrogen (secondary N) is 1. The maximum atomic E-state index is 12.6. The number of hydrogen-bond acceptors (Lipinski definition) is 4. The van der Waals surface area contributed by atoms with Crippen LogP contribution >= 0.6 is 11.6 Å². The number of aromatic nitrogens is 2. The van der Waals surface area contributed by atoms with E-state index in [9.17, 15) is 8.42 Å². The van der Waals surface area contributed by atoms with Gasteiger partial charge in [0.05, 0.1) is 0 Å². The second-order valence-electron chi connectivity index (χ2n) is 5.37. The SMILES string of the molecule is NC1CCC(NS(=O)(=O)c2c(Cl)nc3ccccn23)CC1. The number of pyridine rings is 1. The minimum absolute atomic E-state index is 0.00496. The molecule has 6 nitrogen and oxygen atoms in total. The van der Waals surface area contributed by atoms with E-state index in [2.05, 4.69) is 9.71 Å². The topological polar surface area (TPSA) is 89.5 Å². The van der Waals surface area contributed by atoms with Crippen LogP contribution in [0.2, 0.25) is 5.15 Å². The van der Waals surface area contributed by atoms with Crippen molar-refractivity contribution < 1.29 is 8.42 Å². The summed E-state index contributed by atoms with van der Waals surface area (Å²) in [5, 5.41) is -0.0177. The van der Waals surface area contributed by atoms with Gasteiger partial charge in [-0.15, -0.1) is 0 Å². The van der Waals surface area contributed by atoms with E-state index in [0.29, 0.717) is 5.65 Å². The van der Waals surface area contributed by atoms with Gasteiger partial charge in [0.25, 0.3) is 10.0 Å². The third-order valence-electron chi connectivity index (χ3n) is 3.79. The van der Waals surface area contributed by atoms with Crippen LogP contribution in [-0.2, 0) is 10.0 Å². The Bertz CT molecular complexity index is 751. The maximum Gasteiger partial charge on any atom is 0.260 e. The van der Waals surface area contributed by atoms with Gasteiger partial charge in [-0.1, -0.05) is 17.7 Å². The lowest BCUT2D eigenvalue weighted by molar-refractivity contribution is 0.373. The molecule has 1 fully saturated rings. The predicted octanol–water partition coefficient (Wildman–Crippen LogP) is 1.54. The summed E-state index contributed by atoms with van der Waals surface area (Å²) in [5.41, 5.74) is 6.35. The fourth-order valence-electron chi connectivity index (χ4n) is 2.70. The monoisotopic (exact) mass is 328 g/mol. The van der Waals surface area contributed by atoms with E-state index in [1.54, 1.807) is 24.4 Å². The van der Waals surface area contributed by atoms with Crippen LogP contribution in [0.15, 0.2) is 29.4 Å². The Balaban J connectivity index is 1.92. The lowest BCUT2D eigenvalue weighted by Crippen LogP contribution is -2.40. The quantitative estimate of drug-likeness (QED) is 0.894. The Labute approximate surface area is 128 Å². The molecule has 1 aliphatic carbocycles. The fourth-order valence-corrected chi connectivity index (χ4v) is 4.65. The molecule has 2 aromatic rings. The van der Waals surface area contributed by atoms with Gasteiger partial charge < -0.3 is 5.73 Å². The van der Waals surface area contributed by atoms with E-state index in [1.165, 1.54) is 4.40 Å². The van der Waals surface area contributed by atoms with Gasteiger partial charge in [-0.2, -0.15) is 0 Å². The highest BCUT2D eigenvalue weighted by molar-refractivity contribution is 7.89. The number of nitrogens with two attached hydrogens (primary N) is 1. The maximum absolute atomic E-state index is 12.6. The molecule has 0 spiro atoms. The first kappa shape index (κ1) is 14.8. The number of nitrogens with zero attached hydrogens (tertiary/aromatic N) is 2. The Hall–Kier alpha value is -1.15. The van der Waals surface area contributed by atoms with E-state index in [4.69, 9.17) is 17.3 Å². The van der Waals surface area contributed by atoms with Gasteiger partial charge >= 0.3 is 0 Å². The van der Waals surface area contributed by atoms with Crippen molar-refractivity contribution >= 4 is 27.3 Å². The average molecular weight is 329 g/mol. The number of halogens is 1. The summed E-state index contributed by atoms with van der Waals surface area (Å²) in [6, 6.07) is 5.31. The average Bonchev–Trinajstić information content (AvgIpc) is 2.77. The highest BCUT2D eigenvalue weighted by Gasteiger charge is 2.29. The molecule has 1 saturated carbocycles. The molecule has 0 bridgehead atoms. The summed E-state index contributed by atoms with van der Waals surface area (Å²) >= 11 is 6.02. The molecule has 2 aromatic heterocycles. The van der Waals surface area contributed by atoms with E-state index in [0.717, 1.165) is 25.7 Å². The second kappa shape index (κ2) is 5.57. The molecule has 114 valence electrons. The smallest absolute Gasteiger partial charge is 0.260 e. The predicted molar refractivity (Wildman–Crippen MR) is 80.8 cm³/mol. The van der Waals surface area contributed by atoms with Gasteiger partial charge in [0.15, 0.2) is 10.2 Å². The lowest BCUT2D eigenvalue weighted by Gasteiger charge is -2.26. The normalized spacial score (nSPS) is 23.5. The third-order valence-corrected chi connectivity index (χ3v) is 5.71. The Morgan fingerprint density at radius 1 is 1.29 bits per heavy atom. The molecule has 0 aromatic carbocycles. The van der Waals surface area contributed by atoms with Gasteiger partial charge in [-0.25, -0.2) is 18.1 Å². The summed E-state index contributed by atoms with van der Waals surface area (Å²) in [6.07, 6.45) is 4.78. The Kier molecular flexibility index (Phi) is 3.92. The second-order valence-corrected chi connectivity index (χ2v) is 7.36. The van der Waals surface area contributed by atoms with Gasteiger partial charge in [-0.3, -0.25) is 4.40 Å². The summed E-state index contributed by atoms with van der Waals surface area (Å²) in [6.45, 7) is 0. The molecule has 0 radical (unpaired) electrons. The molecule has 2 heterocycles. The zero-order valence-electron chi connectivity index (χ0n) is 11.4. The highest BCUT2D eigenvalue weighted by atomic mass is 35.5. The molecule has 0 atom stereocenters. The van der Waals surface area contributed by atoms with Gasteiger partial charge in [0, 0.05) is 18.3 Å². The van der Waals surface area contributed by atoms with Crippen molar-refractivity contribution in [3.05, 3.63) is 29.5 Å². The standard InChI is InChI=1S/C13H17ClN4O2S/c14-12-13(18-8-2-1-3-11(18)16-12)21(19,20)17-10-6-4-9(15)5-7-10/h1-3,8-10,17H,4-7,15H2. The zero-order chi connectivity index (χ0) is 15.0. The molecular weight excluding hydrogens is 312 g/mol. The van der Waals surface area contributed by atoms with Crippen molar-refractivity contribution in [1.82, 2.24) is 14.1 Å². The van der Waals surface area contributed by atoms with Crippen molar-refractivity contribution in [3.63, 3.8) is 0 Å². The molecular formula is C13H17ClN4O2S. The van der Waals surface area contributed by atoms with Crippen LogP contribution < -0.4 is 10.5 Å². The summed E-state index contributed by atoms with van der Waals surface area (Å²) in [4.78, 5) is 4.07. The number of rotatable bonds is 3. The largest absolute Gasteiger partial charge is 0.328 e. The van der Waals surface area contributed by atoms with Crippen molar-refractivity contribution in [2.24, 2.45) is 5.73 Å². The number of hydrogen-bond donors (Lipinski definition) is 2. The van der Waals surface area contributed by atoms with Crippen molar-refractivity contribution in [2.45, 2.75) is 42.8 Å². The molecule has 1 aliphatic rings. The first-order valence-corrected chi connectivity index (χ1v) is 8.74. The molecule has 3 N–H and O–H groups in total. The van der Waals surface area contributed by atoms with Gasteiger partial charge in [0.2, 0.25) is 0 Å². The van der Waals surface area contributed by atoms with Crippen LogP contribution in [0.25, 0.3) is 5.65 Å². The molecule has 0 aliphatic heterocycles. The fraction of sp³-hybridized carbons (Fsp3) is 0.462. The molecule has 0 amide bonds. The van der Waals surface area contributed by atoms with Crippen LogP contribution in [0.3, 0.4) is 0 Å². The Morgan fingerprint density at radius 3 is 2.71 bits per heavy atom. The molecule has 3 rings (SSSR count). The van der Waals surface area contributed by atoms with Crippen molar-refractivity contribution in [1.29, 1.82) is 0 Å². The lowest BCUT2D eigenvalue weighted by atomic mass is 9.93. The number of imidazole rings is 1.